The van der Waals surface area contributed by atoms with Gasteiger partial charge >= 0.3 is 6.03 Å². The minimum Gasteiger partial charge on any atom is -0.313 e. The largest absolute Gasteiger partial charge is 0.327 e. The van der Waals surface area contributed by atoms with Crippen molar-refractivity contribution in [3.05, 3.63) is 0 Å². The van der Waals surface area contributed by atoms with Gasteiger partial charge in [-0.2, -0.15) is 0 Å². The maximum Gasteiger partial charge on any atom is 0.327 e. The monoisotopic (exact) mass is 349 g/mol. The molecule has 0 aromatic carbocycles. The number of likely N-dealkylation sites (N-methyl/N-ethyl adjacent to an activating group) is 1. The molecule has 140 valence electrons. The van der Waals surface area contributed by atoms with E-state index < -0.39 is 5.54 Å². The number of hydrogen-bond acceptors (Lipinski definition) is 4. The second-order valence-corrected chi connectivity index (χ2v) is 8.08. The summed E-state index contributed by atoms with van der Waals surface area (Å²) >= 11 is 0. The van der Waals surface area contributed by atoms with Crippen LogP contribution in [0.15, 0.2) is 0 Å². The normalized spacial score (nSPS) is 35.9. The highest BCUT2D eigenvalue weighted by Gasteiger charge is 2.59. The van der Waals surface area contributed by atoms with Crippen molar-refractivity contribution in [1.82, 2.24) is 15.1 Å². The second-order valence-electron chi connectivity index (χ2n) is 8.08. The van der Waals surface area contributed by atoms with Crippen LogP contribution in [0.5, 0.6) is 0 Å². The maximum absolute atomic E-state index is 13.2. The summed E-state index contributed by atoms with van der Waals surface area (Å²) in [6.07, 6.45) is 7.19. The molecule has 0 aromatic heterocycles. The van der Waals surface area contributed by atoms with Gasteiger partial charge in [0.05, 0.1) is 12.6 Å². The first kappa shape index (κ1) is 18.4. The minimum absolute atomic E-state index is 0.0478. The molecule has 6 heteroatoms. The number of imide groups is 1. The van der Waals surface area contributed by atoms with E-state index in [-0.39, 0.29) is 36.2 Å². The number of Topliss-reactive ketones (excluding diaryl/α,β-unsaturated/α-hetero) is 1. The third-order valence-electron chi connectivity index (χ3n) is 6.70. The van der Waals surface area contributed by atoms with Gasteiger partial charge in [0.15, 0.2) is 5.78 Å². The van der Waals surface area contributed by atoms with Gasteiger partial charge in [0.25, 0.3) is 5.91 Å². The zero-order valence-corrected chi connectivity index (χ0v) is 15.7. The summed E-state index contributed by atoms with van der Waals surface area (Å²) in [5, 5.41) is 3.16. The highest BCUT2D eigenvalue weighted by atomic mass is 16.2. The predicted octanol–water partition coefficient (Wildman–Crippen LogP) is 2.18. The van der Waals surface area contributed by atoms with Crippen molar-refractivity contribution >= 4 is 17.7 Å². The molecule has 6 nitrogen and oxygen atoms in total. The first-order chi connectivity index (χ1) is 11.9. The molecule has 1 saturated carbocycles. The van der Waals surface area contributed by atoms with Crippen LogP contribution in [0.3, 0.4) is 0 Å². The quantitative estimate of drug-likeness (QED) is 0.746. The Bertz CT molecular complexity index is 558. The van der Waals surface area contributed by atoms with E-state index in [1.165, 1.54) is 4.90 Å². The number of nitrogens with one attached hydrogen (secondary N) is 1. The summed E-state index contributed by atoms with van der Waals surface area (Å²) < 4.78 is 0. The Labute approximate surface area is 150 Å². The van der Waals surface area contributed by atoms with Crippen molar-refractivity contribution in [2.75, 3.05) is 20.1 Å². The van der Waals surface area contributed by atoms with Crippen LogP contribution in [-0.2, 0) is 9.59 Å². The zero-order chi connectivity index (χ0) is 18.2. The molecule has 0 radical (unpaired) electrons. The Morgan fingerprint density at radius 3 is 2.64 bits per heavy atom. The fourth-order valence-electron chi connectivity index (χ4n) is 5.15. The number of ketones is 1. The number of carbonyl (C=O) groups excluding carboxylic acids is 3. The minimum atomic E-state index is -0.809. The molecule has 0 aromatic rings. The van der Waals surface area contributed by atoms with Crippen molar-refractivity contribution in [1.29, 1.82) is 0 Å². The zero-order valence-electron chi connectivity index (χ0n) is 15.7. The summed E-state index contributed by atoms with van der Waals surface area (Å²) in [5.74, 6) is 0.452. The van der Waals surface area contributed by atoms with Crippen LogP contribution >= 0.6 is 0 Å². The number of urea groups is 1. The highest BCUT2D eigenvalue weighted by Crippen LogP contribution is 2.46. The van der Waals surface area contributed by atoms with Crippen molar-refractivity contribution in [3.63, 3.8) is 0 Å². The van der Waals surface area contributed by atoms with Crippen LogP contribution in [0.4, 0.5) is 4.79 Å². The molecule has 3 unspecified atom stereocenters. The molecule has 3 fully saturated rings. The lowest BCUT2D eigenvalue weighted by Crippen LogP contribution is -2.52. The van der Waals surface area contributed by atoms with Crippen LogP contribution in [0.1, 0.15) is 58.8 Å². The SMILES string of the molecule is CCC[C@@H]1CCCC1C1(C)C(=O)N(CC(=O)C2CCCN2)C(=O)N1C. The predicted molar refractivity (Wildman–Crippen MR) is 95.0 cm³/mol. The van der Waals surface area contributed by atoms with E-state index in [1.54, 1.807) is 11.9 Å². The average molecular weight is 349 g/mol. The molecule has 2 aliphatic heterocycles. The molecule has 3 rings (SSSR count). The molecular weight excluding hydrogens is 318 g/mol. The second kappa shape index (κ2) is 7.06. The van der Waals surface area contributed by atoms with Crippen LogP contribution in [-0.4, -0.2) is 59.2 Å². The number of nitrogens with zero attached hydrogens (tertiary/aromatic N) is 2. The van der Waals surface area contributed by atoms with Crippen molar-refractivity contribution in [3.8, 4) is 0 Å². The van der Waals surface area contributed by atoms with E-state index in [9.17, 15) is 14.4 Å². The van der Waals surface area contributed by atoms with Gasteiger partial charge in [0, 0.05) is 7.05 Å². The smallest absolute Gasteiger partial charge is 0.313 e. The average Bonchev–Trinajstić information content (AvgIpc) is 3.31. The van der Waals surface area contributed by atoms with Gasteiger partial charge in [-0.15, -0.1) is 0 Å². The first-order valence-corrected chi connectivity index (χ1v) is 9.77. The number of carbonyl (C=O) groups is 3. The van der Waals surface area contributed by atoms with E-state index >= 15 is 0 Å². The molecule has 1 N–H and O–H groups in total. The van der Waals surface area contributed by atoms with E-state index in [2.05, 4.69) is 12.2 Å². The van der Waals surface area contributed by atoms with Gasteiger partial charge in [-0.05, 0) is 44.6 Å². The topological polar surface area (TPSA) is 69.7 Å². The Hall–Kier alpha value is -1.43. The summed E-state index contributed by atoms with van der Waals surface area (Å²) in [6, 6.07) is -0.530. The molecule has 3 amide bonds. The fourth-order valence-corrected chi connectivity index (χ4v) is 5.15. The van der Waals surface area contributed by atoms with Gasteiger partial charge in [-0.1, -0.05) is 32.6 Å². The molecule has 0 bridgehead atoms. The Morgan fingerprint density at radius 2 is 2.00 bits per heavy atom. The van der Waals surface area contributed by atoms with Crippen molar-refractivity contribution in [2.24, 2.45) is 11.8 Å². The van der Waals surface area contributed by atoms with Crippen molar-refractivity contribution in [2.45, 2.75) is 70.4 Å². The van der Waals surface area contributed by atoms with Gasteiger partial charge in [-0.3, -0.25) is 14.5 Å². The summed E-state index contributed by atoms with van der Waals surface area (Å²) in [4.78, 5) is 41.3. The van der Waals surface area contributed by atoms with Gasteiger partial charge in [0.2, 0.25) is 0 Å². The lowest BCUT2D eigenvalue weighted by atomic mass is 9.76. The Kier molecular flexibility index (Phi) is 5.19. The molecule has 2 heterocycles. The summed E-state index contributed by atoms with van der Waals surface area (Å²) in [5.41, 5.74) is -0.809. The lowest BCUT2D eigenvalue weighted by Gasteiger charge is -2.38. The third-order valence-corrected chi connectivity index (χ3v) is 6.70. The molecule has 1 aliphatic carbocycles. The highest BCUT2D eigenvalue weighted by molar-refractivity contribution is 6.09. The number of hydrogen-bond donors (Lipinski definition) is 1. The molecule has 4 atom stereocenters. The van der Waals surface area contributed by atoms with E-state index in [0.29, 0.717) is 5.92 Å². The molecule has 25 heavy (non-hydrogen) atoms. The van der Waals surface area contributed by atoms with Gasteiger partial charge in [-0.25, -0.2) is 4.79 Å². The van der Waals surface area contributed by atoms with Crippen LogP contribution in [0.2, 0.25) is 0 Å². The number of rotatable bonds is 6. The number of amides is 3. The summed E-state index contributed by atoms with van der Waals surface area (Å²) in [6.45, 7) is 4.81. The Balaban J connectivity index is 1.78. The lowest BCUT2D eigenvalue weighted by molar-refractivity contribution is -0.138. The molecule has 3 aliphatic rings. The molecular formula is C19H31N3O3. The van der Waals surface area contributed by atoms with Crippen LogP contribution < -0.4 is 5.32 Å². The Morgan fingerprint density at radius 1 is 1.24 bits per heavy atom. The van der Waals surface area contributed by atoms with E-state index in [4.69, 9.17) is 0 Å². The van der Waals surface area contributed by atoms with Gasteiger partial charge in [0.1, 0.15) is 5.54 Å². The first-order valence-electron chi connectivity index (χ1n) is 9.77. The molecule has 2 saturated heterocycles. The standard InChI is InChI=1S/C19H31N3O3/c1-4-7-13-8-5-9-14(13)19(2)17(24)22(18(25)21(19)3)12-16(23)15-10-6-11-20-15/h13-15,20H,4-12H2,1-3H3/t13-,14?,15?,19?/m1/s1. The van der Waals surface area contributed by atoms with Crippen LogP contribution in [0.25, 0.3) is 0 Å². The van der Waals surface area contributed by atoms with Gasteiger partial charge < -0.3 is 10.2 Å². The summed E-state index contributed by atoms with van der Waals surface area (Å²) in [7, 11) is 1.72. The van der Waals surface area contributed by atoms with E-state index in [0.717, 1.165) is 51.5 Å². The van der Waals surface area contributed by atoms with E-state index in [1.807, 2.05) is 6.92 Å². The van der Waals surface area contributed by atoms with Crippen molar-refractivity contribution < 1.29 is 14.4 Å². The van der Waals surface area contributed by atoms with Crippen LogP contribution in [0, 0.1) is 11.8 Å². The fraction of sp³-hybridized carbons (Fsp3) is 0.842. The maximum atomic E-state index is 13.2. The molecule has 0 spiro atoms. The third kappa shape index (κ3) is 2.98.